The Morgan fingerprint density at radius 1 is 1.29 bits per heavy atom. The number of ketones is 1. The normalized spacial score (nSPS) is 14.5. The van der Waals surface area contributed by atoms with E-state index in [9.17, 15) is 19.5 Å². The van der Waals surface area contributed by atoms with E-state index >= 15 is 0 Å². The number of hydrogen-bond acceptors (Lipinski definition) is 3. The Labute approximate surface area is 123 Å². The Balaban J connectivity index is 2.46. The van der Waals surface area contributed by atoms with E-state index in [2.05, 4.69) is 0 Å². The first kappa shape index (κ1) is 15.2. The number of rotatable bonds is 4. The van der Waals surface area contributed by atoms with Crippen molar-refractivity contribution < 1.29 is 19.5 Å². The third-order valence-electron chi connectivity index (χ3n) is 3.80. The predicted molar refractivity (Wildman–Crippen MR) is 78.5 cm³/mol. The number of hydrogen-bond donors (Lipinski definition) is 1. The van der Waals surface area contributed by atoms with Gasteiger partial charge in [-0.25, -0.2) is 4.79 Å². The van der Waals surface area contributed by atoms with E-state index in [0.29, 0.717) is 16.8 Å². The van der Waals surface area contributed by atoms with Crippen LogP contribution in [0.1, 0.15) is 43.6 Å². The first-order chi connectivity index (χ1) is 9.66. The summed E-state index contributed by atoms with van der Waals surface area (Å²) in [6, 6.07) is 5.03. The van der Waals surface area contributed by atoms with Gasteiger partial charge < -0.3 is 5.11 Å². The molecule has 1 amide bonds. The van der Waals surface area contributed by atoms with Gasteiger partial charge in [0, 0.05) is 17.2 Å². The van der Waals surface area contributed by atoms with Gasteiger partial charge in [0.15, 0.2) is 5.78 Å². The number of Topliss-reactive ketones (excluding diaryl/α,β-unsaturated/α-hetero) is 1. The highest BCUT2D eigenvalue weighted by Gasteiger charge is 2.43. The number of carbonyl (C=O) groups excluding carboxylic acids is 2. The first-order valence-corrected chi connectivity index (χ1v) is 6.90. The Morgan fingerprint density at radius 3 is 2.43 bits per heavy atom. The van der Waals surface area contributed by atoms with Crippen molar-refractivity contribution in [3.05, 3.63) is 29.3 Å². The Bertz CT molecular complexity index is 631. The number of benzene rings is 1. The smallest absolute Gasteiger partial charge is 0.329 e. The zero-order chi connectivity index (χ0) is 15.9. The van der Waals surface area contributed by atoms with Crippen LogP contribution in [0.5, 0.6) is 0 Å². The fourth-order valence-electron chi connectivity index (χ4n) is 2.52. The Hall–Kier alpha value is -2.17. The Morgan fingerprint density at radius 2 is 1.90 bits per heavy atom. The van der Waals surface area contributed by atoms with E-state index in [0.717, 1.165) is 0 Å². The monoisotopic (exact) mass is 289 g/mol. The maximum Gasteiger partial charge on any atom is 0.329 e. The van der Waals surface area contributed by atoms with E-state index in [1.165, 1.54) is 18.7 Å². The van der Waals surface area contributed by atoms with E-state index < -0.39 is 11.5 Å². The van der Waals surface area contributed by atoms with Gasteiger partial charge in [0.2, 0.25) is 5.91 Å². The fourth-order valence-corrected chi connectivity index (χ4v) is 2.52. The summed E-state index contributed by atoms with van der Waals surface area (Å²) in [5.41, 5.74) is 0.534. The second kappa shape index (κ2) is 4.98. The van der Waals surface area contributed by atoms with Crippen LogP contribution in [0.25, 0.3) is 0 Å². The largest absolute Gasteiger partial charge is 0.480 e. The molecule has 0 aromatic heterocycles. The first-order valence-electron chi connectivity index (χ1n) is 6.90. The van der Waals surface area contributed by atoms with E-state index in [1.807, 2.05) is 13.8 Å². The average molecular weight is 289 g/mol. The molecule has 1 aliphatic rings. The van der Waals surface area contributed by atoms with Crippen molar-refractivity contribution in [2.24, 2.45) is 5.92 Å². The lowest BCUT2D eigenvalue weighted by atomic mass is 9.98. The maximum absolute atomic E-state index is 12.2. The number of nitrogens with zero attached hydrogens (tertiary/aromatic N) is 1. The number of aliphatic carboxylic acids is 1. The molecule has 2 rings (SSSR count). The van der Waals surface area contributed by atoms with Gasteiger partial charge in [-0.2, -0.15) is 0 Å². The van der Waals surface area contributed by atoms with E-state index in [4.69, 9.17) is 0 Å². The minimum Gasteiger partial charge on any atom is -0.480 e. The molecule has 0 aliphatic carbocycles. The van der Waals surface area contributed by atoms with Crippen molar-refractivity contribution in [1.82, 2.24) is 0 Å². The maximum atomic E-state index is 12.2. The quantitative estimate of drug-likeness (QED) is 0.863. The minimum absolute atomic E-state index is 0.0150. The summed E-state index contributed by atoms with van der Waals surface area (Å²) in [5, 5.41) is 9.31. The van der Waals surface area contributed by atoms with Crippen molar-refractivity contribution in [1.29, 1.82) is 0 Å². The van der Waals surface area contributed by atoms with Crippen molar-refractivity contribution in [2.75, 3.05) is 4.90 Å². The zero-order valence-electron chi connectivity index (χ0n) is 12.6. The van der Waals surface area contributed by atoms with Gasteiger partial charge >= 0.3 is 5.97 Å². The van der Waals surface area contributed by atoms with Crippen LogP contribution in [0.3, 0.4) is 0 Å². The molecule has 5 nitrogen and oxygen atoms in total. The molecule has 0 saturated carbocycles. The molecule has 1 N–H and O–H groups in total. The molecule has 0 unspecified atom stereocenters. The number of carboxylic acids is 1. The zero-order valence-corrected chi connectivity index (χ0v) is 12.6. The van der Waals surface area contributed by atoms with Crippen molar-refractivity contribution in [2.45, 2.75) is 39.7 Å². The summed E-state index contributed by atoms with van der Waals surface area (Å²) in [4.78, 5) is 36.9. The summed E-state index contributed by atoms with van der Waals surface area (Å²) in [6.07, 6.45) is 0.130. The van der Waals surface area contributed by atoms with Crippen LogP contribution in [0.2, 0.25) is 0 Å². The summed E-state index contributed by atoms with van der Waals surface area (Å²) in [7, 11) is 0. The summed E-state index contributed by atoms with van der Waals surface area (Å²) >= 11 is 0. The highest BCUT2D eigenvalue weighted by atomic mass is 16.4. The number of carbonyl (C=O) groups is 3. The molecular weight excluding hydrogens is 270 g/mol. The van der Waals surface area contributed by atoms with Crippen LogP contribution in [-0.2, 0) is 16.0 Å². The minimum atomic E-state index is -1.31. The summed E-state index contributed by atoms with van der Waals surface area (Å²) in [5.74, 6) is -1.43. The molecule has 0 bridgehead atoms. The average Bonchev–Trinajstić information content (AvgIpc) is 2.72. The molecule has 0 radical (unpaired) electrons. The third-order valence-corrected chi connectivity index (χ3v) is 3.80. The van der Waals surface area contributed by atoms with Gasteiger partial charge in [-0.15, -0.1) is 0 Å². The van der Waals surface area contributed by atoms with Gasteiger partial charge in [0.05, 0.1) is 6.42 Å². The molecule has 1 aliphatic heterocycles. The number of amides is 1. The van der Waals surface area contributed by atoms with Crippen LogP contribution in [0.4, 0.5) is 5.69 Å². The SMILES string of the molecule is CC(C)C(=O)c1ccc2c(c1)CC(=O)N2C(C)(C)C(=O)O. The van der Waals surface area contributed by atoms with E-state index in [1.54, 1.807) is 18.2 Å². The van der Waals surface area contributed by atoms with Crippen molar-refractivity contribution in [3.63, 3.8) is 0 Å². The molecule has 1 aromatic rings. The number of carboxylic acid groups (broad SMARTS) is 1. The number of anilines is 1. The lowest BCUT2D eigenvalue weighted by Crippen LogP contribution is -2.51. The van der Waals surface area contributed by atoms with Crippen LogP contribution in [0, 0.1) is 5.92 Å². The molecule has 1 heterocycles. The molecule has 0 spiro atoms. The van der Waals surface area contributed by atoms with Gasteiger partial charge in [0.1, 0.15) is 5.54 Å². The van der Waals surface area contributed by atoms with Crippen LogP contribution < -0.4 is 4.90 Å². The standard InChI is InChI=1S/C16H19NO4/c1-9(2)14(19)10-5-6-12-11(7-10)8-13(18)17(12)16(3,4)15(20)21/h5-7,9H,8H2,1-4H3,(H,20,21). The highest BCUT2D eigenvalue weighted by molar-refractivity contribution is 6.08. The number of fused-ring (bicyclic) bond motifs is 1. The van der Waals surface area contributed by atoms with Crippen LogP contribution in [0.15, 0.2) is 18.2 Å². The molecule has 0 fully saturated rings. The van der Waals surface area contributed by atoms with Gasteiger partial charge in [-0.05, 0) is 37.6 Å². The molecule has 0 saturated heterocycles. The molecule has 5 heteroatoms. The summed E-state index contributed by atoms with van der Waals surface area (Å²) in [6.45, 7) is 6.63. The third kappa shape index (κ3) is 2.44. The van der Waals surface area contributed by atoms with Crippen LogP contribution >= 0.6 is 0 Å². The molecule has 1 aromatic carbocycles. The fraction of sp³-hybridized carbons (Fsp3) is 0.438. The van der Waals surface area contributed by atoms with Crippen molar-refractivity contribution in [3.8, 4) is 0 Å². The molecule has 112 valence electrons. The second-order valence-electron chi connectivity index (χ2n) is 6.13. The van der Waals surface area contributed by atoms with Gasteiger partial charge in [-0.1, -0.05) is 13.8 Å². The highest BCUT2D eigenvalue weighted by Crippen LogP contribution is 2.35. The lowest BCUT2D eigenvalue weighted by Gasteiger charge is -2.32. The second-order valence-corrected chi connectivity index (χ2v) is 6.13. The molecular formula is C16H19NO4. The van der Waals surface area contributed by atoms with Gasteiger partial charge in [0.25, 0.3) is 0 Å². The summed E-state index contributed by atoms with van der Waals surface area (Å²) < 4.78 is 0. The van der Waals surface area contributed by atoms with E-state index in [-0.39, 0.29) is 24.0 Å². The Kier molecular flexibility index (Phi) is 3.61. The predicted octanol–water partition coefficient (Wildman–Crippen LogP) is 2.28. The van der Waals surface area contributed by atoms with Crippen molar-refractivity contribution >= 4 is 23.3 Å². The molecule has 21 heavy (non-hydrogen) atoms. The topological polar surface area (TPSA) is 74.7 Å². The van der Waals surface area contributed by atoms with Gasteiger partial charge in [-0.3, -0.25) is 14.5 Å². The van der Waals surface area contributed by atoms with Crippen LogP contribution in [-0.4, -0.2) is 28.3 Å². The lowest BCUT2D eigenvalue weighted by molar-refractivity contribution is -0.143. The molecule has 0 atom stereocenters.